The van der Waals surface area contributed by atoms with Crippen LogP contribution < -0.4 is 10.2 Å². The van der Waals surface area contributed by atoms with Crippen molar-refractivity contribution in [1.29, 1.82) is 0 Å². The Kier molecular flexibility index (Phi) is 76.0. The van der Waals surface area contributed by atoms with Gasteiger partial charge in [-0.05, 0) is 91.3 Å². The smallest absolute Gasteiger partial charge is 0.305 e. The molecule has 33 nitrogen and oxygen atoms in total. The van der Waals surface area contributed by atoms with E-state index in [9.17, 15) is 28.2 Å². The third-order valence-corrected chi connectivity index (χ3v) is 16.3. The van der Waals surface area contributed by atoms with Crippen LogP contribution >= 0.6 is 0 Å². The second-order valence-electron chi connectivity index (χ2n) is 24.3. The van der Waals surface area contributed by atoms with Crippen LogP contribution in [0.15, 0.2) is 65.6 Å². The molecule has 0 unspecified atom stereocenters. The van der Waals surface area contributed by atoms with Crippen molar-refractivity contribution in [1.82, 2.24) is 0 Å². The molecule has 0 aliphatic heterocycles. The Balaban J connectivity index is 0.000000932. The Morgan fingerprint density at radius 2 is 0.593 bits per heavy atom. The summed E-state index contributed by atoms with van der Waals surface area (Å²) in [5.74, 6) is -0.487. The summed E-state index contributed by atoms with van der Waals surface area (Å²) in [5, 5.41) is 40.5. The topological polar surface area (TPSA) is 377 Å². The van der Waals surface area contributed by atoms with E-state index in [0.717, 1.165) is 54.1 Å². The van der Waals surface area contributed by atoms with Gasteiger partial charge in [-0.15, -0.1) is 0 Å². The first-order valence-corrected chi connectivity index (χ1v) is 40.6. The number of benzene rings is 3. The number of aliphatic hydroxyl groups excluding tert-OH is 4. The number of methoxy groups -OCH3 is 2. The fraction of sp³-hybridized carbons (Fsp3) is 0.747. The van der Waals surface area contributed by atoms with Crippen molar-refractivity contribution in [3.8, 4) is 0 Å². The van der Waals surface area contributed by atoms with Crippen LogP contribution in [0, 0.1) is 6.92 Å². The summed E-state index contributed by atoms with van der Waals surface area (Å²) in [5.41, 5.74) is 5.58. The van der Waals surface area contributed by atoms with Crippen molar-refractivity contribution in [2.24, 2.45) is 0 Å². The van der Waals surface area contributed by atoms with E-state index in [0.29, 0.717) is 301 Å². The van der Waals surface area contributed by atoms with Gasteiger partial charge in [0.2, 0.25) is 0 Å². The lowest BCUT2D eigenvalue weighted by Gasteiger charge is -2.26. The molecule has 0 aliphatic rings. The molecule has 5 N–H and O–H groups in total. The normalized spacial score (nSPS) is 11.4. The number of aryl methyl sites for hydroxylation is 1. The number of ether oxygens (including phenoxy) is 22. The van der Waals surface area contributed by atoms with Crippen LogP contribution in [0.25, 0.3) is 0 Å². The van der Waals surface area contributed by atoms with Gasteiger partial charge in [0.05, 0.1) is 303 Å². The molecule has 0 aromatic heterocycles. The lowest BCUT2D eigenvalue weighted by molar-refractivity contribution is -0.141. The first-order valence-electron chi connectivity index (χ1n) is 39.2. The van der Waals surface area contributed by atoms with Crippen LogP contribution in [-0.2, 0) is 155 Å². The number of carbonyl (C=O) groups excluding carboxylic acids is 2. The van der Waals surface area contributed by atoms with E-state index in [1.807, 2.05) is 31.2 Å². The molecule has 0 bridgehead atoms. The predicted octanol–water partition coefficient (Wildman–Crippen LogP) is 5.32. The Hall–Kier alpha value is -4.85. The van der Waals surface area contributed by atoms with E-state index in [-0.39, 0.29) is 56.5 Å². The minimum atomic E-state index is -3.77. The number of aliphatic hydroxyl groups is 4. The van der Waals surface area contributed by atoms with Gasteiger partial charge < -0.3 is 135 Å². The maximum atomic E-state index is 12.1. The van der Waals surface area contributed by atoms with Crippen LogP contribution in [0.1, 0.15) is 80.2 Å². The molecule has 0 aliphatic carbocycles. The molecule has 0 atom stereocenters. The summed E-state index contributed by atoms with van der Waals surface area (Å²) in [6.07, 6.45) is 3.98. The zero-order valence-corrected chi connectivity index (χ0v) is 68.9. The first-order chi connectivity index (χ1) is 55.4. The zero-order valence-electron chi connectivity index (χ0n) is 68.1. The lowest BCUT2D eigenvalue weighted by Crippen LogP contribution is -2.29. The number of nitrogens with zero attached hydrogens (tertiary/aromatic N) is 1. The molecule has 3 aromatic rings. The third kappa shape index (κ3) is 67.8. The average Bonchev–Trinajstić information content (AvgIpc) is 0.858. The Labute approximate surface area is 671 Å². The molecule has 0 amide bonds. The quantitative estimate of drug-likeness (QED) is 0.0271. The monoisotopic (exact) mass is 1640 g/mol. The van der Waals surface area contributed by atoms with Crippen molar-refractivity contribution in [3.63, 3.8) is 0 Å². The fourth-order valence-electron chi connectivity index (χ4n) is 9.21. The molecule has 0 radical (unpaired) electrons. The van der Waals surface area contributed by atoms with Crippen LogP contribution in [-0.4, -0.2) is 346 Å². The summed E-state index contributed by atoms with van der Waals surface area (Å²) >= 11 is 0. The highest BCUT2D eigenvalue weighted by Gasteiger charge is 2.16. The van der Waals surface area contributed by atoms with Crippen molar-refractivity contribution in [2.45, 2.75) is 90.6 Å². The van der Waals surface area contributed by atoms with Gasteiger partial charge in [0.25, 0.3) is 10.1 Å². The third-order valence-electron chi connectivity index (χ3n) is 15.0. The van der Waals surface area contributed by atoms with Gasteiger partial charge in [0.15, 0.2) is 0 Å². The minimum Gasteiger partial charge on any atom is -0.469 e. The van der Waals surface area contributed by atoms with Crippen LogP contribution in [0.5, 0.6) is 0 Å². The summed E-state index contributed by atoms with van der Waals surface area (Å²) in [7, 11) is -1.03. The molecule has 0 fully saturated rings. The fourth-order valence-corrected chi connectivity index (χ4v) is 10.1. The standard InChI is InChI=1S/C36H65NO14.C30H54O13S.C13H19NO4/c1-3-8-42-10-12-44-14-16-46-18-20-48-22-24-50-26-27-51-25-23-49-21-19-47-17-15-45-13-11-43-9-7-37(6-4-5-36(40)41-2)35-29-33(31-38)28-34(30-35)32-39;1-3-8-33-9-10-34-11-12-35-13-14-36-15-16-37-17-18-38-19-20-39-21-22-40-23-24-41-25-26-42-27-28-43-44(31,32)30-6-4-29(2)5-7-30;1-18-13(17)3-2-4-14-12-6-10(8-15)5-11(7-12)9-16/h28-30,38-39H,3-27,31-32H2,1-2H3;4-7H,3,8-28H2,1-2H3;5-7,14-16H,2-4,8-9H2,1H3. The van der Waals surface area contributed by atoms with E-state index in [1.165, 1.54) is 26.4 Å². The number of esters is 2. The van der Waals surface area contributed by atoms with E-state index in [2.05, 4.69) is 28.8 Å². The van der Waals surface area contributed by atoms with Gasteiger partial charge in [-0.25, -0.2) is 0 Å². The zero-order chi connectivity index (χ0) is 82.1. The molecular formula is C79H138N2O31S. The summed E-state index contributed by atoms with van der Waals surface area (Å²) < 4.78 is 148. The van der Waals surface area contributed by atoms with Gasteiger partial charge in [0, 0.05) is 57.1 Å². The summed E-state index contributed by atoms with van der Waals surface area (Å²) in [4.78, 5) is 24.7. The number of carbonyl (C=O) groups is 2. The van der Waals surface area contributed by atoms with E-state index in [1.54, 1.807) is 24.3 Å². The molecule has 656 valence electrons. The van der Waals surface area contributed by atoms with Crippen LogP contribution in [0.3, 0.4) is 0 Å². The molecule has 0 spiro atoms. The number of anilines is 2. The van der Waals surface area contributed by atoms with Crippen molar-refractivity contribution in [2.75, 3.05) is 315 Å². The van der Waals surface area contributed by atoms with Gasteiger partial charge >= 0.3 is 11.9 Å². The van der Waals surface area contributed by atoms with Gasteiger partial charge in [-0.1, -0.05) is 43.7 Å². The Morgan fingerprint density at radius 3 is 0.867 bits per heavy atom. The number of hydrogen-bond donors (Lipinski definition) is 5. The molecule has 0 saturated heterocycles. The Morgan fingerprint density at radius 1 is 0.336 bits per heavy atom. The van der Waals surface area contributed by atoms with Crippen LogP contribution in [0.4, 0.5) is 11.4 Å². The highest BCUT2D eigenvalue weighted by Crippen LogP contribution is 2.21. The van der Waals surface area contributed by atoms with Gasteiger partial charge in [0.1, 0.15) is 0 Å². The minimum absolute atomic E-state index is 0.0569. The van der Waals surface area contributed by atoms with Crippen LogP contribution in [0.2, 0.25) is 0 Å². The second-order valence-corrected chi connectivity index (χ2v) is 25.9. The van der Waals surface area contributed by atoms with E-state index >= 15 is 0 Å². The second kappa shape index (κ2) is 80.9. The maximum absolute atomic E-state index is 12.1. The summed E-state index contributed by atoms with van der Waals surface area (Å²) in [6.45, 7) is 27.4. The highest BCUT2D eigenvalue weighted by molar-refractivity contribution is 7.86. The SMILES string of the molecule is CCCOCCOCCOCCOCCOCCOCCOCCOCCOCCOCCN(CCCC(=O)OC)c1cc(CO)cc(CO)c1.CCCOCCOCCOCCOCCOCCOCCOCCOCCOCCOCCOS(=O)(=O)c1ccc(C)cc1.COC(=O)CCCNc1cc(CO)cc(CO)c1. The molecule has 3 rings (SSSR count). The molecule has 0 heterocycles. The van der Waals surface area contributed by atoms with E-state index in [4.69, 9.17) is 114 Å². The van der Waals surface area contributed by atoms with Crippen molar-refractivity contribution >= 4 is 33.4 Å². The van der Waals surface area contributed by atoms with E-state index < -0.39 is 10.1 Å². The molecule has 0 saturated carbocycles. The molecule has 113 heavy (non-hydrogen) atoms. The summed E-state index contributed by atoms with van der Waals surface area (Å²) in [6, 6.07) is 17.4. The highest BCUT2D eigenvalue weighted by atomic mass is 32.2. The first kappa shape index (κ1) is 106. The largest absolute Gasteiger partial charge is 0.469 e. The Bertz CT molecular complexity index is 2650. The molecule has 34 heteroatoms. The van der Waals surface area contributed by atoms with Gasteiger partial charge in [-0.3, -0.25) is 13.8 Å². The number of nitrogens with one attached hydrogen (secondary N) is 1. The lowest BCUT2D eigenvalue weighted by atomic mass is 10.1. The molecule has 3 aromatic carbocycles. The van der Waals surface area contributed by atoms with Gasteiger partial charge in [-0.2, -0.15) is 8.42 Å². The predicted molar refractivity (Wildman–Crippen MR) is 421 cm³/mol. The van der Waals surface area contributed by atoms with Crippen molar-refractivity contribution < 1.29 is 147 Å². The van der Waals surface area contributed by atoms with Crippen molar-refractivity contribution in [3.05, 3.63) is 88.5 Å². The average molecular weight is 1640 g/mol. The number of hydrogen-bond acceptors (Lipinski definition) is 33. The molecular weight excluding hydrogens is 1500 g/mol. The number of rotatable bonds is 80. The maximum Gasteiger partial charge on any atom is 0.305 e.